The van der Waals surface area contributed by atoms with Crippen molar-refractivity contribution in [3.8, 4) is 11.5 Å². The Morgan fingerprint density at radius 1 is 1.33 bits per heavy atom. The molecule has 1 amide bonds. The van der Waals surface area contributed by atoms with E-state index in [0.717, 1.165) is 40.3 Å². The highest BCUT2D eigenvalue weighted by Crippen LogP contribution is 2.39. The van der Waals surface area contributed by atoms with E-state index in [1.165, 1.54) is 0 Å². The van der Waals surface area contributed by atoms with Crippen LogP contribution in [-0.2, 0) is 11.2 Å². The lowest BCUT2D eigenvalue weighted by molar-refractivity contribution is -0.110. The molecule has 0 aliphatic carbocycles. The number of halogens is 1. The van der Waals surface area contributed by atoms with E-state index in [1.807, 2.05) is 25.1 Å². The molecule has 0 bridgehead atoms. The first-order valence-corrected chi connectivity index (χ1v) is 8.13. The second kappa shape index (κ2) is 5.56. The lowest BCUT2D eigenvalue weighted by Crippen LogP contribution is -2.05. The number of rotatable bonds is 2. The fourth-order valence-electron chi connectivity index (χ4n) is 3.20. The van der Waals surface area contributed by atoms with Crippen LogP contribution in [0.2, 0.25) is 5.02 Å². The summed E-state index contributed by atoms with van der Waals surface area (Å²) in [5.41, 5.74) is 4.06. The van der Waals surface area contributed by atoms with Gasteiger partial charge in [-0.05, 0) is 43.3 Å². The number of carbonyl (C=O) groups is 1. The summed E-state index contributed by atoms with van der Waals surface area (Å²) in [5.74, 6) is 1.42. The molecule has 2 aliphatic rings. The number of fused-ring (bicyclic) bond motifs is 2. The van der Waals surface area contributed by atoms with Crippen LogP contribution in [-0.4, -0.2) is 19.1 Å². The molecule has 1 atom stereocenters. The average molecular weight is 342 g/mol. The van der Waals surface area contributed by atoms with Gasteiger partial charge in [-0.15, -0.1) is 0 Å². The van der Waals surface area contributed by atoms with E-state index in [4.69, 9.17) is 21.1 Å². The maximum atomic E-state index is 12.3. The van der Waals surface area contributed by atoms with Crippen LogP contribution in [0.25, 0.3) is 11.6 Å². The molecule has 0 spiro atoms. The zero-order chi connectivity index (χ0) is 16.8. The molecular formula is C19H16ClNO3. The predicted molar refractivity (Wildman–Crippen MR) is 94.7 cm³/mol. The number of amides is 1. The standard InChI is InChI=1S/C19H16ClNO3/c1-10-5-11-7-17(23-2)12(8-18(11)24-10)6-15-14-9-13(20)3-4-16(14)21-19(15)22/h3-4,6-10H,5H2,1-2H3,(H,21,22)/b15-6+. The first-order chi connectivity index (χ1) is 11.5. The number of hydrogen-bond donors (Lipinski definition) is 1. The van der Waals surface area contributed by atoms with Gasteiger partial charge in [0.25, 0.3) is 5.91 Å². The molecule has 2 aromatic carbocycles. The van der Waals surface area contributed by atoms with E-state index in [0.29, 0.717) is 10.6 Å². The van der Waals surface area contributed by atoms with Crippen LogP contribution in [0.4, 0.5) is 5.69 Å². The van der Waals surface area contributed by atoms with Crippen LogP contribution in [0.1, 0.15) is 23.6 Å². The molecule has 0 saturated heterocycles. The average Bonchev–Trinajstić information content (AvgIpc) is 3.05. The van der Waals surface area contributed by atoms with Gasteiger partial charge < -0.3 is 14.8 Å². The molecule has 0 aromatic heterocycles. The van der Waals surface area contributed by atoms with Crippen molar-refractivity contribution in [2.24, 2.45) is 0 Å². The van der Waals surface area contributed by atoms with Gasteiger partial charge in [0.2, 0.25) is 0 Å². The van der Waals surface area contributed by atoms with Crippen LogP contribution in [0.15, 0.2) is 30.3 Å². The van der Waals surface area contributed by atoms with Crippen molar-refractivity contribution in [3.63, 3.8) is 0 Å². The van der Waals surface area contributed by atoms with Gasteiger partial charge in [-0.3, -0.25) is 4.79 Å². The summed E-state index contributed by atoms with van der Waals surface area (Å²) in [5, 5.41) is 3.45. The highest BCUT2D eigenvalue weighted by Gasteiger charge is 2.26. The topological polar surface area (TPSA) is 47.6 Å². The Morgan fingerprint density at radius 3 is 2.96 bits per heavy atom. The van der Waals surface area contributed by atoms with Gasteiger partial charge in [-0.2, -0.15) is 0 Å². The molecule has 5 heteroatoms. The number of anilines is 1. The summed E-state index contributed by atoms with van der Waals surface area (Å²) in [6.45, 7) is 2.03. The molecule has 0 fully saturated rings. The Morgan fingerprint density at radius 2 is 2.17 bits per heavy atom. The zero-order valence-electron chi connectivity index (χ0n) is 13.4. The fraction of sp³-hybridized carbons (Fsp3) is 0.211. The molecule has 0 saturated carbocycles. The van der Waals surface area contributed by atoms with E-state index in [9.17, 15) is 4.79 Å². The number of nitrogens with one attached hydrogen (secondary N) is 1. The van der Waals surface area contributed by atoms with Crippen LogP contribution in [0.5, 0.6) is 11.5 Å². The summed E-state index contributed by atoms with van der Waals surface area (Å²) < 4.78 is 11.3. The van der Waals surface area contributed by atoms with E-state index >= 15 is 0 Å². The predicted octanol–water partition coefficient (Wildman–Crippen LogP) is 4.16. The van der Waals surface area contributed by atoms with Gasteiger partial charge in [0, 0.05) is 39.4 Å². The van der Waals surface area contributed by atoms with Crippen LogP contribution >= 0.6 is 11.6 Å². The normalized spacial score (nSPS) is 19.7. The molecule has 4 nitrogen and oxygen atoms in total. The van der Waals surface area contributed by atoms with E-state index in [2.05, 4.69) is 5.32 Å². The minimum absolute atomic E-state index is 0.149. The van der Waals surface area contributed by atoms with Crippen molar-refractivity contribution in [2.75, 3.05) is 12.4 Å². The van der Waals surface area contributed by atoms with Crippen molar-refractivity contribution in [2.45, 2.75) is 19.4 Å². The summed E-state index contributed by atoms with van der Waals surface area (Å²) in [7, 11) is 1.63. The van der Waals surface area contributed by atoms with Gasteiger partial charge >= 0.3 is 0 Å². The van der Waals surface area contributed by atoms with Crippen molar-refractivity contribution >= 4 is 34.8 Å². The van der Waals surface area contributed by atoms with Gasteiger partial charge in [0.15, 0.2) is 0 Å². The molecule has 122 valence electrons. The Kier molecular flexibility index (Phi) is 3.50. The number of ether oxygens (including phenoxy) is 2. The van der Waals surface area contributed by atoms with Gasteiger partial charge in [0.05, 0.1) is 7.11 Å². The number of benzene rings is 2. The highest BCUT2D eigenvalue weighted by atomic mass is 35.5. The number of carbonyl (C=O) groups excluding carboxylic acids is 1. The van der Waals surface area contributed by atoms with Crippen LogP contribution in [0, 0.1) is 0 Å². The van der Waals surface area contributed by atoms with Gasteiger partial charge in [-0.25, -0.2) is 0 Å². The zero-order valence-corrected chi connectivity index (χ0v) is 14.1. The minimum Gasteiger partial charge on any atom is -0.496 e. The largest absolute Gasteiger partial charge is 0.496 e. The summed E-state index contributed by atoms with van der Waals surface area (Å²) in [4.78, 5) is 12.3. The smallest absolute Gasteiger partial charge is 0.256 e. The summed E-state index contributed by atoms with van der Waals surface area (Å²) in [6.07, 6.45) is 2.84. The summed E-state index contributed by atoms with van der Waals surface area (Å²) >= 11 is 6.08. The third-order valence-electron chi connectivity index (χ3n) is 4.31. The molecule has 2 heterocycles. The molecule has 1 unspecified atom stereocenters. The molecule has 2 aliphatic heterocycles. The quantitative estimate of drug-likeness (QED) is 0.834. The second-order valence-electron chi connectivity index (χ2n) is 6.04. The van der Waals surface area contributed by atoms with Gasteiger partial charge in [-0.1, -0.05) is 11.6 Å². The molecule has 24 heavy (non-hydrogen) atoms. The van der Waals surface area contributed by atoms with Crippen LogP contribution in [0.3, 0.4) is 0 Å². The third-order valence-corrected chi connectivity index (χ3v) is 4.55. The van der Waals surface area contributed by atoms with E-state index in [-0.39, 0.29) is 12.0 Å². The molecule has 2 aromatic rings. The monoisotopic (exact) mass is 341 g/mol. The Hall–Kier alpha value is -2.46. The fourth-order valence-corrected chi connectivity index (χ4v) is 3.38. The molecule has 0 radical (unpaired) electrons. The lowest BCUT2D eigenvalue weighted by atomic mass is 10.0. The van der Waals surface area contributed by atoms with Crippen molar-refractivity contribution < 1.29 is 14.3 Å². The lowest BCUT2D eigenvalue weighted by Gasteiger charge is -2.09. The first kappa shape index (κ1) is 15.1. The maximum Gasteiger partial charge on any atom is 0.256 e. The van der Waals surface area contributed by atoms with Crippen molar-refractivity contribution in [1.82, 2.24) is 0 Å². The Labute approximate surface area is 145 Å². The number of hydrogen-bond acceptors (Lipinski definition) is 3. The molecule has 4 rings (SSSR count). The number of methoxy groups -OCH3 is 1. The SMILES string of the molecule is COc1cc2c(cc1/C=C1/C(=O)Nc3ccc(Cl)cc31)OC(C)C2. The van der Waals surface area contributed by atoms with Gasteiger partial charge in [0.1, 0.15) is 17.6 Å². The second-order valence-corrected chi connectivity index (χ2v) is 6.47. The van der Waals surface area contributed by atoms with Crippen molar-refractivity contribution in [3.05, 3.63) is 52.0 Å². The van der Waals surface area contributed by atoms with Crippen molar-refractivity contribution in [1.29, 1.82) is 0 Å². The summed E-state index contributed by atoms with van der Waals surface area (Å²) in [6, 6.07) is 9.27. The first-order valence-electron chi connectivity index (χ1n) is 7.75. The Balaban J connectivity index is 1.84. The van der Waals surface area contributed by atoms with E-state index in [1.54, 1.807) is 25.3 Å². The third kappa shape index (κ3) is 2.43. The van der Waals surface area contributed by atoms with E-state index < -0.39 is 0 Å². The maximum absolute atomic E-state index is 12.3. The minimum atomic E-state index is -0.149. The molecular weight excluding hydrogens is 326 g/mol. The Bertz CT molecular complexity index is 888. The van der Waals surface area contributed by atoms with Crippen LogP contribution < -0.4 is 14.8 Å². The highest BCUT2D eigenvalue weighted by molar-refractivity contribution is 6.36. The molecule has 1 N–H and O–H groups in total.